The number of benzene rings is 1. The molecule has 0 spiro atoms. The van der Waals surface area contributed by atoms with Crippen LogP contribution in [0.5, 0.6) is 5.75 Å². The minimum atomic E-state index is -0.253. The zero-order valence-electron chi connectivity index (χ0n) is 11.8. The predicted molar refractivity (Wildman–Crippen MR) is 80.7 cm³/mol. The van der Waals surface area contributed by atoms with Gasteiger partial charge < -0.3 is 14.8 Å². The number of carbonyl (C=O) groups excluding carboxylic acids is 1. The third kappa shape index (κ3) is 5.02. The Balaban J connectivity index is 0.00000200. The van der Waals surface area contributed by atoms with E-state index in [1.165, 1.54) is 12.8 Å². The molecule has 1 saturated heterocycles. The van der Waals surface area contributed by atoms with Gasteiger partial charge in [0, 0.05) is 0 Å². The SMILES string of the molecule is COc1ccc(C(=O)OCCC2CCNCC2)cc1.Cl. The quantitative estimate of drug-likeness (QED) is 0.849. The molecule has 20 heavy (non-hydrogen) atoms. The largest absolute Gasteiger partial charge is 0.497 e. The lowest BCUT2D eigenvalue weighted by molar-refractivity contribution is 0.0476. The van der Waals surface area contributed by atoms with Crippen molar-refractivity contribution in [3.05, 3.63) is 29.8 Å². The van der Waals surface area contributed by atoms with Crippen molar-refractivity contribution in [1.29, 1.82) is 0 Å². The Morgan fingerprint density at radius 2 is 1.90 bits per heavy atom. The van der Waals surface area contributed by atoms with Gasteiger partial charge in [-0.3, -0.25) is 0 Å². The van der Waals surface area contributed by atoms with Crippen LogP contribution in [-0.4, -0.2) is 32.8 Å². The molecule has 5 heteroatoms. The summed E-state index contributed by atoms with van der Waals surface area (Å²) in [6.45, 7) is 2.67. The van der Waals surface area contributed by atoms with Crippen LogP contribution in [0.25, 0.3) is 0 Å². The first-order chi connectivity index (χ1) is 9.29. The van der Waals surface area contributed by atoms with E-state index in [2.05, 4.69) is 5.32 Å². The number of ether oxygens (including phenoxy) is 2. The summed E-state index contributed by atoms with van der Waals surface area (Å²) >= 11 is 0. The van der Waals surface area contributed by atoms with Crippen LogP contribution in [0.15, 0.2) is 24.3 Å². The first kappa shape index (κ1) is 16.8. The van der Waals surface area contributed by atoms with E-state index >= 15 is 0 Å². The molecule has 0 aliphatic carbocycles. The van der Waals surface area contributed by atoms with Gasteiger partial charge >= 0.3 is 5.97 Å². The second-order valence-electron chi connectivity index (χ2n) is 4.85. The van der Waals surface area contributed by atoms with Crippen molar-refractivity contribution < 1.29 is 14.3 Å². The molecule has 1 fully saturated rings. The lowest BCUT2D eigenvalue weighted by Crippen LogP contribution is -2.28. The Labute approximate surface area is 126 Å². The molecule has 112 valence electrons. The molecule has 1 aliphatic heterocycles. The molecule has 1 aromatic rings. The van der Waals surface area contributed by atoms with E-state index in [1.54, 1.807) is 31.4 Å². The van der Waals surface area contributed by atoms with E-state index in [0.29, 0.717) is 18.1 Å². The summed E-state index contributed by atoms with van der Waals surface area (Å²) in [7, 11) is 1.60. The van der Waals surface area contributed by atoms with Gasteiger partial charge in [0.1, 0.15) is 5.75 Å². The third-order valence-electron chi connectivity index (χ3n) is 3.54. The minimum Gasteiger partial charge on any atom is -0.497 e. The second-order valence-corrected chi connectivity index (χ2v) is 4.85. The van der Waals surface area contributed by atoms with Gasteiger partial charge in [-0.05, 0) is 62.5 Å². The molecule has 4 nitrogen and oxygen atoms in total. The van der Waals surface area contributed by atoms with Crippen LogP contribution in [0.4, 0.5) is 0 Å². The lowest BCUT2D eigenvalue weighted by atomic mass is 9.95. The Morgan fingerprint density at radius 1 is 1.25 bits per heavy atom. The summed E-state index contributed by atoms with van der Waals surface area (Å²) in [6, 6.07) is 6.99. The smallest absolute Gasteiger partial charge is 0.338 e. The van der Waals surface area contributed by atoms with Crippen molar-refractivity contribution in [1.82, 2.24) is 5.32 Å². The number of nitrogens with one attached hydrogen (secondary N) is 1. The summed E-state index contributed by atoms with van der Waals surface area (Å²) in [5, 5.41) is 3.33. The summed E-state index contributed by atoms with van der Waals surface area (Å²) in [5.74, 6) is 1.17. The molecule has 0 unspecified atom stereocenters. The molecule has 2 rings (SSSR count). The maximum atomic E-state index is 11.8. The molecule has 0 radical (unpaired) electrons. The maximum absolute atomic E-state index is 11.8. The van der Waals surface area contributed by atoms with Crippen molar-refractivity contribution in [3.8, 4) is 5.75 Å². The van der Waals surface area contributed by atoms with Gasteiger partial charge in [-0.1, -0.05) is 0 Å². The van der Waals surface area contributed by atoms with Crippen LogP contribution in [0.1, 0.15) is 29.6 Å². The molecular formula is C15H22ClNO3. The van der Waals surface area contributed by atoms with Crippen molar-refractivity contribution in [3.63, 3.8) is 0 Å². The maximum Gasteiger partial charge on any atom is 0.338 e. The Morgan fingerprint density at radius 3 is 2.50 bits per heavy atom. The monoisotopic (exact) mass is 299 g/mol. The van der Waals surface area contributed by atoms with E-state index in [-0.39, 0.29) is 18.4 Å². The highest BCUT2D eigenvalue weighted by molar-refractivity contribution is 5.89. The van der Waals surface area contributed by atoms with Crippen LogP contribution >= 0.6 is 12.4 Å². The summed E-state index contributed by atoms with van der Waals surface area (Å²) in [5.41, 5.74) is 0.575. The van der Waals surface area contributed by atoms with Crippen LogP contribution in [0, 0.1) is 5.92 Å². The van der Waals surface area contributed by atoms with Gasteiger partial charge in [-0.25, -0.2) is 4.79 Å². The van der Waals surface area contributed by atoms with Crippen LogP contribution < -0.4 is 10.1 Å². The van der Waals surface area contributed by atoms with Gasteiger partial charge in [-0.15, -0.1) is 12.4 Å². The number of rotatable bonds is 5. The van der Waals surface area contributed by atoms with Gasteiger partial charge in [0.25, 0.3) is 0 Å². The first-order valence-electron chi connectivity index (χ1n) is 6.81. The number of hydrogen-bond acceptors (Lipinski definition) is 4. The molecule has 0 saturated carbocycles. The van der Waals surface area contributed by atoms with E-state index in [1.807, 2.05) is 0 Å². The molecule has 1 aromatic carbocycles. The van der Waals surface area contributed by atoms with E-state index < -0.39 is 0 Å². The molecule has 0 aromatic heterocycles. The first-order valence-corrected chi connectivity index (χ1v) is 6.81. The predicted octanol–water partition coefficient (Wildman–Crippen LogP) is 2.66. The molecule has 0 atom stereocenters. The summed E-state index contributed by atoms with van der Waals surface area (Å²) in [4.78, 5) is 11.8. The van der Waals surface area contributed by atoms with Gasteiger partial charge in [0.15, 0.2) is 0 Å². The third-order valence-corrected chi connectivity index (χ3v) is 3.54. The molecular weight excluding hydrogens is 278 g/mol. The zero-order valence-corrected chi connectivity index (χ0v) is 12.6. The van der Waals surface area contributed by atoms with Crippen LogP contribution in [-0.2, 0) is 4.74 Å². The number of methoxy groups -OCH3 is 1. The normalized spacial score (nSPS) is 15.2. The number of esters is 1. The second kappa shape index (κ2) is 8.82. The fourth-order valence-electron chi connectivity index (χ4n) is 2.30. The van der Waals surface area contributed by atoms with Crippen molar-refractivity contribution in [2.24, 2.45) is 5.92 Å². The Bertz CT molecular complexity index is 402. The van der Waals surface area contributed by atoms with E-state index in [4.69, 9.17) is 9.47 Å². The van der Waals surface area contributed by atoms with Gasteiger partial charge in [-0.2, -0.15) is 0 Å². The van der Waals surface area contributed by atoms with Crippen LogP contribution in [0.2, 0.25) is 0 Å². The van der Waals surface area contributed by atoms with Crippen molar-refractivity contribution in [2.75, 3.05) is 26.8 Å². The molecule has 1 heterocycles. The van der Waals surface area contributed by atoms with Crippen molar-refractivity contribution in [2.45, 2.75) is 19.3 Å². The average molecular weight is 300 g/mol. The van der Waals surface area contributed by atoms with Gasteiger partial charge in [0.2, 0.25) is 0 Å². The fourth-order valence-corrected chi connectivity index (χ4v) is 2.30. The number of halogens is 1. The Hall–Kier alpha value is -1.26. The molecule has 1 N–H and O–H groups in total. The zero-order chi connectivity index (χ0) is 13.5. The average Bonchev–Trinajstić information content (AvgIpc) is 2.48. The molecule has 0 bridgehead atoms. The van der Waals surface area contributed by atoms with E-state index in [9.17, 15) is 4.79 Å². The number of hydrogen-bond donors (Lipinski definition) is 1. The summed E-state index contributed by atoms with van der Waals surface area (Å²) < 4.78 is 10.4. The molecule has 1 aliphatic rings. The molecule has 0 amide bonds. The highest BCUT2D eigenvalue weighted by atomic mass is 35.5. The van der Waals surface area contributed by atoms with Crippen molar-refractivity contribution >= 4 is 18.4 Å². The van der Waals surface area contributed by atoms with Gasteiger partial charge in [0.05, 0.1) is 19.3 Å². The number of piperidine rings is 1. The minimum absolute atomic E-state index is 0. The topological polar surface area (TPSA) is 47.6 Å². The fraction of sp³-hybridized carbons (Fsp3) is 0.533. The number of carbonyl (C=O) groups is 1. The van der Waals surface area contributed by atoms with Crippen LogP contribution in [0.3, 0.4) is 0 Å². The lowest BCUT2D eigenvalue weighted by Gasteiger charge is -2.22. The summed E-state index contributed by atoms with van der Waals surface area (Å²) in [6.07, 6.45) is 3.32. The van der Waals surface area contributed by atoms with E-state index in [0.717, 1.165) is 25.3 Å². The highest BCUT2D eigenvalue weighted by Gasteiger charge is 2.14. The Kier molecular flexibility index (Phi) is 7.41. The standard InChI is InChI=1S/C15H21NO3.ClH/c1-18-14-4-2-13(3-5-14)15(17)19-11-8-12-6-9-16-10-7-12;/h2-5,12,16H,6-11H2,1H3;1H. The highest BCUT2D eigenvalue weighted by Crippen LogP contribution is 2.16.